The second-order valence-corrected chi connectivity index (χ2v) is 9.16. The van der Waals surface area contributed by atoms with Gasteiger partial charge in [0.15, 0.2) is 0 Å². The van der Waals surface area contributed by atoms with Crippen LogP contribution in [0.15, 0.2) is 6.20 Å². The zero-order valence-electron chi connectivity index (χ0n) is 17.6. The average Bonchev–Trinajstić information content (AvgIpc) is 3.17. The number of nitrogens with zero attached hydrogens (tertiary/aromatic N) is 5. The standard InChI is InChI=1S/C21H27ClFN5O3/c1-13-17-16(8-24-18(13)22)19(27-5-6-30-11-15(29)10-27)26-20(25-17)31-12-21-3-2-4-28(21)9-14(23)7-21/h8,14-15,29H,2-7,9-12H2,1H3/t14-,15?,21+/m1/s1. The lowest BCUT2D eigenvalue weighted by molar-refractivity contribution is 0.0597. The van der Waals surface area contributed by atoms with Crippen molar-refractivity contribution in [3.05, 3.63) is 16.9 Å². The van der Waals surface area contributed by atoms with Crippen LogP contribution in [0.3, 0.4) is 0 Å². The van der Waals surface area contributed by atoms with Crippen LogP contribution in [0.25, 0.3) is 10.9 Å². The Hall–Kier alpha value is -1.81. The van der Waals surface area contributed by atoms with Crippen molar-refractivity contribution in [2.45, 2.75) is 44.0 Å². The zero-order valence-corrected chi connectivity index (χ0v) is 18.3. The molecule has 2 aromatic heterocycles. The molecular weight excluding hydrogens is 425 g/mol. The molecule has 3 atom stereocenters. The van der Waals surface area contributed by atoms with E-state index in [1.165, 1.54) is 0 Å². The molecule has 5 rings (SSSR count). The smallest absolute Gasteiger partial charge is 0.319 e. The summed E-state index contributed by atoms with van der Waals surface area (Å²) in [4.78, 5) is 17.8. The van der Waals surface area contributed by atoms with Crippen molar-refractivity contribution >= 4 is 28.3 Å². The van der Waals surface area contributed by atoms with Gasteiger partial charge in [-0.25, -0.2) is 9.37 Å². The third-order valence-corrected chi connectivity index (χ3v) is 7.04. The number of β-amino-alcohol motifs (C(OH)–C–C–N with tert-alkyl or cyclic N) is 1. The number of rotatable bonds is 4. The number of aliphatic hydroxyl groups is 1. The van der Waals surface area contributed by atoms with Crippen LogP contribution in [0.4, 0.5) is 10.2 Å². The Morgan fingerprint density at radius 2 is 2.23 bits per heavy atom. The van der Waals surface area contributed by atoms with Crippen LogP contribution in [0.1, 0.15) is 24.8 Å². The lowest BCUT2D eigenvalue weighted by atomic mass is 9.95. The van der Waals surface area contributed by atoms with Crippen LogP contribution in [-0.2, 0) is 4.74 Å². The van der Waals surface area contributed by atoms with Gasteiger partial charge in [0.1, 0.15) is 23.7 Å². The van der Waals surface area contributed by atoms with Crippen molar-refractivity contribution < 1.29 is 19.0 Å². The Bertz CT molecular complexity index is 982. The molecule has 10 heteroatoms. The lowest BCUT2D eigenvalue weighted by Gasteiger charge is -2.31. The van der Waals surface area contributed by atoms with Crippen molar-refractivity contribution in [2.75, 3.05) is 50.9 Å². The molecule has 0 amide bonds. The van der Waals surface area contributed by atoms with Gasteiger partial charge in [-0.05, 0) is 26.3 Å². The molecule has 0 aliphatic carbocycles. The molecule has 3 aliphatic heterocycles. The van der Waals surface area contributed by atoms with Gasteiger partial charge in [0, 0.05) is 37.8 Å². The molecule has 5 heterocycles. The summed E-state index contributed by atoms with van der Waals surface area (Å²) in [5.41, 5.74) is 1.12. The van der Waals surface area contributed by atoms with Crippen molar-refractivity contribution in [1.82, 2.24) is 19.9 Å². The average molecular weight is 452 g/mol. The minimum Gasteiger partial charge on any atom is -0.461 e. The highest BCUT2D eigenvalue weighted by molar-refractivity contribution is 6.31. The van der Waals surface area contributed by atoms with Gasteiger partial charge < -0.3 is 19.5 Å². The first-order valence-corrected chi connectivity index (χ1v) is 11.2. The molecule has 168 valence electrons. The maximum atomic E-state index is 14.1. The van der Waals surface area contributed by atoms with E-state index in [4.69, 9.17) is 26.1 Å². The second kappa shape index (κ2) is 8.27. The highest BCUT2D eigenvalue weighted by atomic mass is 35.5. The third-order valence-electron chi connectivity index (χ3n) is 6.65. The summed E-state index contributed by atoms with van der Waals surface area (Å²) < 4.78 is 25.7. The van der Waals surface area contributed by atoms with Crippen LogP contribution >= 0.6 is 11.6 Å². The molecular formula is C21H27ClFN5O3. The summed E-state index contributed by atoms with van der Waals surface area (Å²) in [5, 5.41) is 11.3. The molecule has 1 N–H and O–H groups in total. The van der Waals surface area contributed by atoms with Crippen molar-refractivity contribution in [3.63, 3.8) is 0 Å². The Labute approximate surface area is 185 Å². The van der Waals surface area contributed by atoms with E-state index in [0.29, 0.717) is 55.8 Å². The van der Waals surface area contributed by atoms with Gasteiger partial charge in [-0.2, -0.15) is 9.97 Å². The number of ether oxygens (including phenoxy) is 2. The normalized spacial score (nSPS) is 29.4. The van der Waals surface area contributed by atoms with Gasteiger partial charge in [-0.1, -0.05) is 11.6 Å². The first kappa shape index (κ1) is 21.1. The molecule has 0 radical (unpaired) electrons. The number of aromatic nitrogens is 3. The van der Waals surface area contributed by atoms with Crippen LogP contribution in [0.2, 0.25) is 5.15 Å². The van der Waals surface area contributed by atoms with Gasteiger partial charge in [0.05, 0.1) is 35.8 Å². The molecule has 31 heavy (non-hydrogen) atoms. The summed E-state index contributed by atoms with van der Waals surface area (Å²) in [5.74, 6) is 0.632. The van der Waals surface area contributed by atoms with Crippen LogP contribution in [-0.4, -0.2) is 88.8 Å². The largest absolute Gasteiger partial charge is 0.461 e. The minimum absolute atomic E-state index is 0.232. The van der Waals surface area contributed by atoms with Crippen molar-refractivity contribution in [1.29, 1.82) is 0 Å². The van der Waals surface area contributed by atoms with Gasteiger partial charge in [0.25, 0.3) is 0 Å². The maximum absolute atomic E-state index is 14.1. The number of hydrogen-bond acceptors (Lipinski definition) is 8. The van der Waals surface area contributed by atoms with Gasteiger partial charge in [-0.3, -0.25) is 4.90 Å². The van der Waals surface area contributed by atoms with E-state index in [0.717, 1.165) is 30.3 Å². The van der Waals surface area contributed by atoms with Gasteiger partial charge in [-0.15, -0.1) is 0 Å². The highest BCUT2D eigenvalue weighted by Crippen LogP contribution is 2.40. The first-order valence-electron chi connectivity index (χ1n) is 10.8. The molecule has 3 aliphatic rings. The van der Waals surface area contributed by atoms with E-state index in [-0.39, 0.29) is 18.2 Å². The first-order chi connectivity index (χ1) is 14.9. The molecule has 1 unspecified atom stereocenters. The SMILES string of the molecule is Cc1c(Cl)ncc2c(N3CCOCC(O)C3)nc(OC[C@@]34CCCN3C[C@H](F)C4)nc12. The predicted octanol–water partition coefficient (Wildman–Crippen LogP) is 2.14. The van der Waals surface area contributed by atoms with E-state index < -0.39 is 12.3 Å². The maximum Gasteiger partial charge on any atom is 0.319 e. The van der Waals surface area contributed by atoms with Crippen molar-refractivity contribution in [2.24, 2.45) is 0 Å². The van der Waals surface area contributed by atoms with E-state index in [1.807, 2.05) is 11.8 Å². The zero-order chi connectivity index (χ0) is 21.6. The number of hydrogen-bond donors (Lipinski definition) is 1. The fourth-order valence-corrected chi connectivity index (χ4v) is 5.23. The quantitative estimate of drug-likeness (QED) is 0.708. The monoisotopic (exact) mass is 451 g/mol. The number of pyridine rings is 1. The number of fused-ring (bicyclic) bond motifs is 2. The molecule has 8 nitrogen and oxygen atoms in total. The van der Waals surface area contributed by atoms with E-state index in [2.05, 4.69) is 14.9 Å². The summed E-state index contributed by atoms with van der Waals surface area (Å²) in [6.07, 6.45) is 2.67. The Kier molecular flexibility index (Phi) is 5.62. The fourth-order valence-electron chi connectivity index (χ4n) is 5.10. The summed E-state index contributed by atoms with van der Waals surface area (Å²) in [6.45, 7) is 5.31. The Morgan fingerprint density at radius 3 is 3.10 bits per heavy atom. The molecule has 0 spiro atoms. The van der Waals surface area contributed by atoms with Crippen LogP contribution < -0.4 is 9.64 Å². The van der Waals surface area contributed by atoms with E-state index >= 15 is 0 Å². The summed E-state index contributed by atoms with van der Waals surface area (Å²) in [6, 6.07) is 0.232. The Balaban J connectivity index is 1.50. The topological polar surface area (TPSA) is 83.8 Å². The van der Waals surface area contributed by atoms with Crippen LogP contribution in [0, 0.1) is 6.92 Å². The fraction of sp³-hybridized carbons (Fsp3) is 0.667. The third kappa shape index (κ3) is 3.92. The van der Waals surface area contributed by atoms with E-state index in [9.17, 15) is 9.50 Å². The molecule has 0 bridgehead atoms. The number of anilines is 1. The van der Waals surface area contributed by atoms with Crippen molar-refractivity contribution in [3.8, 4) is 6.01 Å². The van der Waals surface area contributed by atoms with Gasteiger partial charge in [0.2, 0.25) is 0 Å². The summed E-state index contributed by atoms with van der Waals surface area (Å²) >= 11 is 6.26. The number of aryl methyl sites for hydroxylation is 1. The molecule has 3 fully saturated rings. The van der Waals surface area contributed by atoms with E-state index in [1.54, 1.807) is 6.20 Å². The number of halogens is 2. The second-order valence-electron chi connectivity index (χ2n) is 8.80. The molecule has 0 aromatic carbocycles. The molecule has 0 saturated carbocycles. The van der Waals surface area contributed by atoms with Gasteiger partial charge >= 0.3 is 6.01 Å². The number of aliphatic hydroxyl groups excluding tert-OH is 1. The minimum atomic E-state index is -0.817. The predicted molar refractivity (Wildman–Crippen MR) is 115 cm³/mol. The molecule has 2 aromatic rings. The Morgan fingerprint density at radius 1 is 1.35 bits per heavy atom. The lowest BCUT2D eigenvalue weighted by Crippen LogP contribution is -2.43. The molecule has 3 saturated heterocycles. The summed E-state index contributed by atoms with van der Waals surface area (Å²) in [7, 11) is 0. The number of alkyl halides is 1. The highest BCUT2D eigenvalue weighted by Gasteiger charge is 2.49. The van der Waals surface area contributed by atoms with Crippen LogP contribution in [0.5, 0.6) is 6.01 Å².